The number of halogens is 2. The van der Waals surface area contributed by atoms with E-state index in [1.165, 1.54) is 12.3 Å². The van der Waals surface area contributed by atoms with Gasteiger partial charge in [-0.3, -0.25) is 4.98 Å². The van der Waals surface area contributed by atoms with Crippen LogP contribution in [0, 0.1) is 0 Å². The van der Waals surface area contributed by atoms with Gasteiger partial charge in [-0.1, -0.05) is 6.92 Å². The summed E-state index contributed by atoms with van der Waals surface area (Å²) >= 11 is 0. The molecule has 1 atom stereocenters. The first-order chi connectivity index (χ1) is 6.52. The first-order valence-electron chi connectivity index (χ1n) is 4.58. The molecule has 1 aliphatic rings. The van der Waals surface area contributed by atoms with Crippen molar-refractivity contribution in [3.8, 4) is 5.75 Å². The number of hydrogen-bond acceptors (Lipinski definition) is 2. The Balaban J connectivity index is 2.63. The van der Waals surface area contributed by atoms with Gasteiger partial charge in [0.2, 0.25) is 0 Å². The van der Waals surface area contributed by atoms with Crippen LogP contribution in [0.25, 0.3) is 0 Å². The number of hydrogen-bond donors (Lipinski definition) is 1. The average Bonchev–Trinajstić information content (AvgIpc) is 2.12. The lowest BCUT2D eigenvalue weighted by Crippen LogP contribution is -2.24. The Morgan fingerprint density at radius 3 is 2.93 bits per heavy atom. The lowest BCUT2D eigenvalue weighted by molar-refractivity contribution is -0.0296. The quantitative estimate of drug-likeness (QED) is 0.696. The van der Waals surface area contributed by atoms with E-state index in [2.05, 4.69) is 4.98 Å². The third kappa shape index (κ3) is 1.25. The van der Waals surface area contributed by atoms with Crippen LogP contribution in [0.15, 0.2) is 12.3 Å². The number of pyridine rings is 1. The van der Waals surface area contributed by atoms with Crippen molar-refractivity contribution < 1.29 is 13.9 Å². The van der Waals surface area contributed by atoms with Crippen molar-refractivity contribution in [2.45, 2.75) is 31.6 Å². The van der Waals surface area contributed by atoms with E-state index < -0.39 is 5.92 Å². The molecule has 0 saturated heterocycles. The van der Waals surface area contributed by atoms with Crippen LogP contribution in [0.1, 0.15) is 36.9 Å². The summed E-state index contributed by atoms with van der Waals surface area (Å²) in [5.41, 5.74) is 0.0556. The first-order valence-corrected chi connectivity index (χ1v) is 4.58. The third-order valence-corrected chi connectivity index (χ3v) is 2.70. The van der Waals surface area contributed by atoms with E-state index in [0.29, 0.717) is 12.0 Å². The summed E-state index contributed by atoms with van der Waals surface area (Å²) in [5.74, 6) is -3.00. The minimum absolute atomic E-state index is 0.0432. The van der Waals surface area contributed by atoms with Crippen molar-refractivity contribution >= 4 is 0 Å². The van der Waals surface area contributed by atoms with Crippen LogP contribution in [0.5, 0.6) is 5.75 Å². The summed E-state index contributed by atoms with van der Waals surface area (Å²) in [7, 11) is 0. The molecule has 2 rings (SSSR count). The van der Waals surface area contributed by atoms with Gasteiger partial charge < -0.3 is 5.11 Å². The smallest absolute Gasteiger partial charge is 0.290 e. The predicted octanol–water partition coefficient (Wildman–Crippen LogP) is 2.78. The molecule has 1 aliphatic carbocycles. The van der Waals surface area contributed by atoms with Gasteiger partial charge in [0.1, 0.15) is 11.4 Å². The van der Waals surface area contributed by atoms with Crippen LogP contribution in [-0.2, 0) is 5.92 Å². The molecular weight excluding hydrogens is 188 g/mol. The van der Waals surface area contributed by atoms with Crippen LogP contribution in [0.2, 0.25) is 0 Å². The lowest BCUT2D eigenvalue weighted by Gasteiger charge is -2.28. The van der Waals surface area contributed by atoms with E-state index in [0.717, 1.165) is 0 Å². The van der Waals surface area contributed by atoms with E-state index in [9.17, 15) is 13.9 Å². The zero-order valence-corrected chi connectivity index (χ0v) is 7.80. The Kier molecular flexibility index (Phi) is 1.94. The standard InChI is InChI=1S/C10H11F2NO/c1-6-2-4-10(11,12)9-8(6)7(14)3-5-13-9/h3,5-6H,2,4H2,1H3,(H,13,14)/t6-/m1/s1. The third-order valence-electron chi connectivity index (χ3n) is 2.70. The van der Waals surface area contributed by atoms with Gasteiger partial charge in [-0.15, -0.1) is 0 Å². The monoisotopic (exact) mass is 199 g/mol. The molecule has 0 amide bonds. The van der Waals surface area contributed by atoms with Crippen LogP contribution in [0.3, 0.4) is 0 Å². The molecule has 0 unspecified atom stereocenters. The van der Waals surface area contributed by atoms with Crippen molar-refractivity contribution in [1.29, 1.82) is 0 Å². The fraction of sp³-hybridized carbons (Fsp3) is 0.500. The maximum atomic E-state index is 13.4. The van der Waals surface area contributed by atoms with Crippen LogP contribution < -0.4 is 0 Å². The number of aromatic hydroxyl groups is 1. The van der Waals surface area contributed by atoms with Gasteiger partial charge in [0.25, 0.3) is 5.92 Å². The van der Waals surface area contributed by atoms with Gasteiger partial charge >= 0.3 is 0 Å². The zero-order valence-electron chi connectivity index (χ0n) is 7.80. The maximum absolute atomic E-state index is 13.4. The second-order valence-corrected chi connectivity index (χ2v) is 3.74. The molecule has 0 saturated carbocycles. The van der Waals surface area contributed by atoms with Gasteiger partial charge in [-0.25, -0.2) is 0 Å². The molecule has 14 heavy (non-hydrogen) atoms. The van der Waals surface area contributed by atoms with Crippen LogP contribution in [0.4, 0.5) is 8.78 Å². The molecule has 4 heteroatoms. The molecule has 1 aromatic rings. The van der Waals surface area contributed by atoms with E-state index in [1.54, 1.807) is 0 Å². The summed E-state index contributed by atoms with van der Waals surface area (Å²) in [4.78, 5) is 3.67. The largest absolute Gasteiger partial charge is 0.508 e. The Hall–Kier alpha value is -1.19. The average molecular weight is 199 g/mol. The number of fused-ring (bicyclic) bond motifs is 1. The second kappa shape index (κ2) is 2.90. The van der Waals surface area contributed by atoms with E-state index >= 15 is 0 Å². The van der Waals surface area contributed by atoms with Gasteiger partial charge in [0, 0.05) is 18.2 Å². The fourth-order valence-corrected chi connectivity index (χ4v) is 1.90. The zero-order chi connectivity index (χ0) is 10.3. The lowest BCUT2D eigenvalue weighted by atomic mass is 9.84. The number of aromatic nitrogens is 1. The molecule has 0 radical (unpaired) electrons. The molecule has 0 aliphatic heterocycles. The molecule has 1 N–H and O–H groups in total. The Labute approximate surface area is 80.6 Å². The minimum atomic E-state index is -2.89. The number of alkyl halides is 2. The SMILES string of the molecule is C[C@@H]1CCC(F)(F)c2nccc(O)c21. The Morgan fingerprint density at radius 1 is 1.57 bits per heavy atom. The van der Waals surface area contributed by atoms with Crippen molar-refractivity contribution in [2.75, 3.05) is 0 Å². The Morgan fingerprint density at radius 2 is 2.29 bits per heavy atom. The summed E-state index contributed by atoms with van der Waals surface area (Å²) in [6.07, 6.45) is 1.43. The molecule has 1 heterocycles. The molecule has 0 bridgehead atoms. The highest BCUT2D eigenvalue weighted by molar-refractivity contribution is 5.41. The van der Waals surface area contributed by atoms with E-state index in [1.807, 2.05) is 6.92 Å². The molecule has 76 valence electrons. The molecule has 1 aromatic heterocycles. The molecule has 0 spiro atoms. The Bertz CT molecular complexity index is 365. The highest BCUT2D eigenvalue weighted by Crippen LogP contribution is 2.46. The molecule has 0 fully saturated rings. The van der Waals surface area contributed by atoms with E-state index in [-0.39, 0.29) is 23.8 Å². The highest BCUT2D eigenvalue weighted by Gasteiger charge is 2.41. The normalized spacial score (nSPS) is 24.4. The highest BCUT2D eigenvalue weighted by atomic mass is 19.3. The van der Waals surface area contributed by atoms with Gasteiger partial charge in [0.05, 0.1) is 0 Å². The fourth-order valence-electron chi connectivity index (χ4n) is 1.90. The minimum Gasteiger partial charge on any atom is -0.508 e. The summed E-state index contributed by atoms with van der Waals surface area (Å²) in [6, 6.07) is 1.36. The van der Waals surface area contributed by atoms with E-state index in [4.69, 9.17) is 0 Å². The summed E-state index contributed by atoms with van der Waals surface area (Å²) in [6.45, 7) is 1.83. The van der Waals surface area contributed by atoms with Gasteiger partial charge in [-0.05, 0) is 18.4 Å². The summed E-state index contributed by atoms with van der Waals surface area (Å²) in [5, 5.41) is 9.49. The topological polar surface area (TPSA) is 33.1 Å². The van der Waals surface area contributed by atoms with Crippen molar-refractivity contribution in [3.63, 3.8) is 0 Å². The second-order valence-electron chi connectivity index (χ2n) is 3.74. The predicted molar refractivity (Wildman–Crippen MR) is 47.4 cm³/mol. The van der Waals surface area contributed by atoms with Crippen molar-refractivity contribution in [3.05, 3.63) is 23.5 Å². The number of nitrogens with zero attached hydrogens (tertiary/aromatic N) is 1. The van der Waals surface area contributed by atoms with Gasteiger partial charge in [-0.2, -0.15) is 8.78 Å². The van der Waals surface area contributed by atoms with Crippen molar-refractivity contribution in [2.24, 2.45) is 0 Å². The number of rotatable bonds is 0. The van der Waals surface area contributed by atoms with Crippen LogP contribution in [-0.4, -0.2) is 10.1 Å². The van der Waals surface area contributed by atoms with Crippen molar-refractivity contribution in [1.82, 2.24) is 4.98 Å². The van der Waals surface area contributed by atoms with Crippen LogP contribution >= 0.6 is 0 Å². The molecule has 0 aromatic carbocycles. The first kappa shape index (κ1) is 9.37. The summed E-state index contributed by atoms with van der Waals surface area (Å²) < 4.78 is 26.8. The molecule has 2 nitrogen and oxygen atoms in total. The molecular formula is C10H11F2NO. The van der Waals surface area contributed by atoms with Gasteiger partial charge in [0.15, 0.2) is 0 Å². The maximum Gasteiger partial charge on any atom is 0.290 e.